The van der Waals surface area contributed by atoms with E-state index in [-0.39, 0.29) is 22.2 Å². The van der Waals surface area contributed by atoms with Crippen LogP contribution in [0.4, 0.5) is 5.69 Å². The average molecular weight is 468 g/mol. The van der Waals surface area contributed by atoms with Crippen molar-refractivity contribution in [3.8, 4) is 0 Å². The molecule has 1 N–H and O–H groups in total. The van der Waals surface area contributed by atoms with Crippen LogP contribution in [0.1, 0.15) is 29.5 Å². The molecule has 0 bridgehead atoms. The van der Waals surface area contributed by atoms with Crippen LogP contribution in [-0.2, 0) is 27.9 Å². The number of carbonyl (C=O) groups is 2. The van der Waals surface area contributed by atoms with Crippen molar-refractivity contribution in [3.63, 3.8) is 0 Å². The van der Waals surface area contributed by atoms with Gasteiger partial charge in [-0.25, -0.2) is 4.79 Å². The summed E-state index contributed by atoms with van der Waals surface area (Å²) in [6, 6.07) is 4.73. The Balaban J connectivity index is 1.54. The standard InChI is InChI=1S/C20H26ClN5O4S/c1-3-8-30-19(28)15-11-14(4-5-16(15)21)22-18(27)13-31-20-24-23-17(25(20)2)12-26-6-9-29-10-7-26/h4-5,11H,3,6-10,12-13H2,1-2H3,(H,22,27). The van der Waals surface area contributed by atoms with Crippen molar-refractivity contribution in [2.24, 2.45) is 7.05 Å². The zero-order valence-corrected chi connectivity index (χ0v) is 19.2. The fourth-order valence-electron chi connectivity index (χ4n) is 2.93. The highest BCUT2D eigenvalue weighted by atomic mass is 35.5. The molecule has 1 aliphatic heterocycles. The lowest BCUT2D eigenvalue weighted by molar-refractivity contribution is -0.113. The van der Waals surface area contributed by atoms with Crippen LogP contribution in [0.15, 0.2) is 23.4 Å². The summed E-state index contributed by atoms with van der Waals surface area (Å²) in [6.07, 6.45) is 0.715. The number of halogens is 1. The predicted molar refractivity (Wildman–Crippen MR) is 118 cm³/mol. The molecule has 0 atom stereocenters. The Bertz CT molecular complexity index is 917. The Morgan fingerprint density at radius 2 is 2.06 bits per heavy atom. The van der Waals surface area contributed by atoms with Crippen molar-refractivity contribution in [3.05, 3.63) is 34.6 Å². The summed E-state index contributed by atoms with van der Waals surface area (Å²) in [7, 11) is 1.89. The molecule has 3 rings (SSSR count). The summed E-state index contributed by atoms with van der Waals surface area (Å²) in [4.78, 5) is 26.8. The molecule has 1 fully saturated rings. The SMILES string of the molecule is CCCOC(=O)c1cc(NC(=O)CSc2nnc(CN3CCOCC3)n2C)ccc1Cl. The van der Waals surface area contributed by atoms with Gasteiger partial charge in [-0.05, 0) is 24.6 Å². The molecule has 0 spiro atoms. The van der Waals surface area contributed by atoms with E-state index in [2.05, 4.69) is 20.4 Å². The van der Waals surface area contributed by atoms with Gasteiger partial charge in [0.2, 0.25) is 5.91 Å². The number of esters is 1. The van der Waals surface area contributed by atoms with Crippen LogP contribution in [0.2, 0.25) is 5.02 Å². The molecule has 1 amide bonds. The summed E-state index contributed by atoms with van der Waals surface area (Å²) in [5.74, 6) is 0.266. The lowest BCUT2D eigenvalue weighted by atomic mass is 10.2. The average Bonchev–Trinajstić information content (AvgIpc) is 3.11. The first-order valence-electron chi connectivity index (χ1n) is 10.1. The lowest BCUT2D eigenvalue weighted by Crippen LogP contribution is -2.36. The molecule has 0 saturated carbocycles. The Morgan fingerprint density at radius 3 is 2.81 bits per heavy atom. The van der Waals surface area contributed by atoms with Gasteiger partial charge in [-0.15, -0.1) is 10.2 Å². The number of carbonyl (C=O) groups excluding carboxylic acids is 2. The topological polar surface area (TPSA) is 98.6 Å². The molecular formula is C20H26ClN5O4S. The maximum atomic E-state index is 12.4. The van der Waals surface area contributed by atoms with Gasteiger partial charge in [0.05, 0.1) is 42.7 Å². The van der Waals surface area contributed by atoms with Gasteiger partial charge >= 0.3 is 5.97 Å². The van der Waals surface area contributed by atoms with Gasteiger partial charge in [-0.3, -0.25) is 9.69 Å². The number of amides is 1. The first-order chi connectivity index (χ1) is 15.0. The molecule has 2 heterocycles. The number of hydrogen-bond acceptors (Lipinski definition) is 8. The maximum Gasteiger partial charge on any atom is 0.339 e. The molecule has 11 heteroatoms. The summed E-state index contributed by atoms with van der Waals surface area (Å²) in [6.45, 7) is 6.10. The molecule has 168 valence electrons. The second kappa shape index (κ2) is 11.5. The third-order valence-electron chi connectivity index (χ3n) is 4.63. The van der Waals surface area contributed by atoms with Gasteiger partial charge in [0.1, 0.15) is 5.82 Å². The molecule has 0 unspecified atom stereocenters. The number of hydrogen-bond donors (Lipinski definition) is 1. The molecule has 1 saturated heterocycles. The number of morpholine rings is 1. The quantitative estimate of drug-likeness (QED) is 0.444. The largest absolute Gasteiger partial charge is 0.462 e. The van der Waals surface area contributed by atoms with E-state index >= 15 is 0 Å². The fraction of sp³-hybridized carbons (Fsp3) is 0.500. The van der Waals surface area contributed by atoms with Crippen LogP contribution in [0.3, 0.4) is 0 Å². The van der Waals surface area contributed by atoms with Crippen LogP contribution in [0.5, 0.6) is 0 Å². The van der Waals surface area contributed by atoms with Crippen LogP contribution >= 0.6 is 23.4 Å². The maximum absolute atomic E-state index is 12.4. The van der Waals surface area contributed by atoms with Gasteiger partial charge in [0, 0.05) is 25.8 Å². The molecule has 0 radical (unpaired) electrons. The van der Waals surface area contributed by atoms with Gasteiger partial charge in [-0.1, -0.05) is 30.3 Å². The van der Waals surface area contributed by atoms with Crippen molar-refractivity contribution in [2.45, 2.75) is 25.0 Å². The second-order valence-electron chi connectivity index (χ2n) is 7.01. The lowest BCUT2D eigenvalue weighted by Gasteiger charge is -2.25. The van der Waals surface area contributed by atoms with Crippen molar-refractivity contribution in [1.29, 1.82) is 0 Å². The van der Waals surface area contributed by atoms with E-state index in [1.165, 1.54) is 17.8 Å². The van der Waals surface area contributed by atoms with E-state index < -0.39 is 5.97 Å². The van der Waals surface area contributed by atoms with Crippen LogP contribution < -0.4 is 5.32 Å². The molecule has 0 aliphatic carbocycles. The second-order valence-corrected chi connectivity index (χ2v) is 8.36. The van der Waals surface area contributed by atoms with Crippen molar-refractivity contribution in [1.82, 2.24) is 19.7 Å². The zero-order chi connectivity index (χ0) is 22.2. The minimum Gasteiger partial charge on any atom is -0.462 e. The smallest absolute Gasteiger partial charge is 0.339 e. The van der Waals surface area contributed by atoms with Crippen molar-refractivity contribution in [2.75, 3.05) is 44.0 Å². The zero-order valence-electron chi connectivity index (χ0n) is 17.6. The van der Waals surface area contributed by atoms with Gasteiger partial charge in [0.15, 0.2) is 5.16 Å². The number of aromatic nitrogens is 3. The first-order valence-corrected chi connectivity index (χ1v) is 11.4. The van der Waals surface area contributed by atoms with Gasteiger partial charge < -0.3 is 19.4 Å². The minimum atomic E-state index is -0.510. The first kappa shape index (κ1) is 23.5. The number of rotatable bonds is 9. The molecule has 9 nitrogen and oxygen atoms in total. The molecule has 2 aromatic rings. The van der Waals surface area contributed by atoms with E-state index in [4.69, 9.17) is 21.1 Å². The fourth-order valence-corrected chi connectivity index (χ4v) is 3.85. The third-order valence-corrected chi connectivity index (χ3v) is 5.98. The molecule has 1 aromatic heterocycles. The predicted octanol–water partition coefficient (Wildman–Crippen LogP) is 2.60. The molecule has 1 aliphatic rings. The van der Waals surface area contributed by atoms with Crippen LogP contribution in [0, 0.1) is 0 Å². The molecular weight excluding hydrogens is 442 g/mol. The number of anilines is 1. The monoisotopic (exact) mass is 467 g/mol. The number of benzene rings is 1. The highest BCUT2D eigenvalue weighted by Crippen LogP contribution is 2.22. The van der Waals surface area contributed by atoms with E-state index in [1.807, 2.05) is 18.5 Å². The number of nitrogens with one attached hydrogen (secondary N) is 1. The third kappa shape index (κ3) is 6.67. The van der Waals surface area contributed by atoms with Crippen molar-refractivity contribution < 1.29 is 19.1 Å². The summed E-state index contributed by atoms with van der Waals surface area (Å²) >= 11 is 7.39. The molecule has 31 heavy (non-hydrogen) atoms. The van der Waals surface area contributed by atoms with Crippen LogP contribution in [0.25, 0.3) is 0 Å². The Hall–Kier alpha value is -2.14. The normalized spacial score (nSPS) is 14.4. The Labute approximate surface area is 190 Å². The van der Waals surface area contributed by atoms with Crippen LogP contribution in [-0.4, -0.2) is 70.2 Å². The van der Waals surface area contributed by atoms with E-state index in [1.54, 1.807) is 12.1 Å². The summed E-state index contributed by atoms with van der Waals surface area (Å²) in [5, 5.41) is 12.2. The number of nitrogens with zero attached hydrogens (tertiary/aromatic N) is 4. The van der Waals surface area contributed by atoms with E-state index in [9.17, 15) is 9.59 Å². The Morgan fingerprint density at radius 1 is 1.29 bits per heavy atom. The van der Waals surface area contributed by atoms with Gasteiger partial charge in [0.25, 0.3) is 0 Å². The van der Waals surface area contributed by atoms with Gasteiger partial charge in [-0.2, -0.15) is 0 Å². The van der Waals surface area contributed by atoms with Crippen molar-refractivity contribution >= 4 is 40.9 Å². The van der Waals surface area contributed by atoms with E-state index in [0.717, 1.165) is 32.1 Å². The highest BCUT2D eigenvalue weighted by Gasteiger charge is 2.17. The summed E-state index contributed by atoms with van der Waals surface area (Å²) in [5.41, 5.74) is 0.700. The number of ether oxygens (including phenoxy) is 2. The Kier molecular flexibility index (Phi) is 8.70. The summed E-state index contributed by atoms with van der Waals surface area (Å²) < 4.78 is 12.4. The number of thioether (sulfide) groups is 1. The van der Waals surface area contributed by atoms with E-state index in [0.29, 0.717) is 30.4 Å². The molecule has 1 aromatic carbocycles. The minimum absolute atomic E-state index is 0.155. The highest BCUT2D eigenvalue weighted by molar-refractivity contribution is 7.99.